The number of rotatable bonds is 11. The number of nitriles is 1. The number of halogens is 1. The number of aliphatic imine (C=N–C) groups is 1. The third-order valence-corrected chi connectivity index (χ3v) is 7.95. The lowest BCUT2D eigenvalue weighted by Crippen LogP contribution is -2.26. The van der Waals surface area contributed by atoms with Gasteiger partial charge in [0, 0.05) is 42.2 Å². The summed E-state index contributed by atoms with van der Waals surface area (Å²) < 4.78 is 11.7. The van der Waals surface area contributed by atoms with Gasteiger partial charge in [-0.15, -0.1) is 0 Å². The van der Waals surface area contributed by atoms with Crippen molar-refractivity contribution in [2.24, 2.45) is 10.9 Å². The second kappa shape index (κ2) is 13.7. The van der Waals surface area contributed by atoms with Crippen LogP contribution in [0.3, 0.4) is 0 Å². The van der Waals surface area contributed by atoms with E-state index in [4.69, 9.17) is 21.1 Å². The molecule has 0 spiro atoms. The molecule has 0 bridgehead atoms. The normalized spacial score (nSPS) is 19.5. The van der Waals surface area contributed by atoms with Crippen molar-refractivity contribution in [1.82, 2.24) is 9.88 Å². The summed E-state index contributed by atoms with van der Waals surface area (Å²) in [5.74, 6) is 0.470. The molecule has 2 aliphatic heterocycles. The lowest BCUT2D eigenvalue weighted by Gasteiger charge is -2.28. The summed E-state index contributed by atoms with van der Waals surface area (Å²) in [5.41, 5.74) is 3.54. The van der Waals surface area contributed by atoms with Crippen molar-refractivity contribution >= 4 is 40.8 Å². The number of ether oxygens (including phenoxy) is 2. The fraction of sp³-hybridized carbons (Fsp3) is 0.375. The third kappa shape index (κ3) is 7.01. The van der Waals surface area contributed by atoms with Gasteiger partial charge >= 0.3 is 0 Å². The number of carbonyl (C=O) groups excluding carboxylic acids is 1. The summed E-state index contributed by atoms with van der Waals surface area (Å²) >= 11 is 6.56. The molecule has 3 heterocycles. The van der Waals surface area contributed by atoms with Gasteiger partial charge in [-0.05, 0) is 76.2 Å². The Kier molecular flexibility index (Phi) is 9.57. The van der Waals surface area contributed by atoms with Crippen LogP contribution in [0.25, 0.3) is 0 Å². The standard InChI is InChI=1S/C32H35ClN6O3/c1-3-41-30-17-27-25(16-28(30)38-31(40)12-10-24-8-6-14-39(24)2)32(21(18-34)19-36-27)37-22-9-11-29(26(33)15-22)42-20-23-7-4-5-13-35-23/h4-5,7,9,11,13,15-17,19,21,24,32,37H,3,6,8,10,12,14,20H2,1-2H3,(H,38,40)/t21?,24-,32?/m1/s1. The number of likely N-dealkylation sites (tertiary alicyclic amines) is 1. The Morgan fingerprint density at radius 1 is 1.19 bits per heavy atom. The Hall–Kier alpha value is -4.13. The number of nitrogens with one attached hydrogen (secondary N) is 2. The predicted molar refractivity (Wildman–Crippen MR) is 165 cm³/mol. The number of nitrogens with zero attached hydrogens (tertiary/aromatic N) is 4. The molecule has 218 valence electrons. The first-order valence-corrected chi connectivity index (χ1v) is 14.7. The van der Waals surface area contributed by atoms with Gasteiger partial charge in [-0.1, -0.05) is 17.7 Å². The number of hydrogen-bond donors (Lipinski definition) is 2. The number of pyridine rings is 1. The highest BCUT2D eigenvalue weighted by Crippen LogP contribution is 2.43. The minimum atomic E-state index is -0.546. The Morgan fingerprint density at radius 2 is 2.07 bits per heavy atom. The van der Waals surface area contributed by atoms with Crippen molar-refractivity contribution in [3.63, 3.8) is 0 Å². The summed E-state index contributed by atoms with van der Waals surface area (Å²) in [5, 5.41) is 16.9. The van der Waals surface area contributed by atoms with E-state index in [0.717, 1.165) is 36.3 Å². The zero-order valence-corrected chi connectivity index (χ0v) is 24.6. The van der Waals surface area contributed by atoms with Gasteiger partial charge in [0.15, 0.2) is 0 Å². The first-order chi connectivity index (χ1) is 20.4. The van der Waals surface area contributed by atoms with Crippen LogP contribution in [0.15, 0.2) is 59.7 Å². The minimum Gasteiger partial charge on any atom is -0.492 e. The summed E-state index contributed by atoms with van der Waals surface area (Å²) in [7, 11) is 2.11. The van der Waals surface area contributed by atoms with Gasteiger partial charge in [-0.3, -0.25) is 14.8 Å². The Labute approximate surface area is 251 Å². The SMILES string of the molecule is CCOc1cc2c(cc1NC(=O)CC[C@H]1CCCN1C)C(Nc1ccc(OCc3ccccn3)c(Cl)c1)C(C#N)C=N2. The van der Waals surface area contributed by atoms with Crippen molar-refractivity contribution in [2.75, 3.05) is 30.8 Å². The third-order valence-electron chi connectivity index (χ3n) is 7.65. The number of amides is 1. The van der Waals surface area contributed by atoms with Gasteiger partial charge in [0.05, 0.1) is 40.8 Å². The fourth-order valence-electron chi connectivity index (χ4n) is 5.41. The average Bonchev–Trinajstić information content (AvgIpc) is 3.41. The smallest absolute Gasteiger partial charge is 0.224 e. The molecule has 2 aliphatic rings. The van der Waals surface area contributed by atoms with Crippen molar-refractivity contribution in [3.05, 3.63) is 71.0 Å². The lowest BCUT2D eigenvalue weighted by atomic mass is 9.90. The fourth-order valence-corrected chi connectivity index (χ4v) is 5.65. The molecule has 10 heteroatoms. The van der Waals surface area contributed by atoms with Gasteiger partial charge in [0.2, 0.25) is 5.91 Å². The Morgan fingerprint density at radius 3 is 2.79 bits per heavy atom. The zero-order valence-electron chi connectivity index (χ0n) is 23.8. The molecule has 2 N–H and O–H groups in total. The largest absolute Gasteiger partial charge is 0.492 e. The van der Waals surface area contributed by atoms with E-state index in [-0.39, 0.29) is 5.91 Å². The maximum atomic E-state index is 13.0. The van der Waals surface area contributed by atoms with E-state index in [9.17, 15) is 10.1 Å². The van der Waals surface area contributed by atoms with E-state index in [2.05, 4.69) is 38.6 Å². The molecule has 1 amide bonds. The van der Waals surface area contributed by atoms with E-state index in [1.807, 2.05) is 43.3 Å². The van der Waals surface area contributed by atoms with Gasteiger partial charge in [-0.2, -0.15) is 5.26 Å². The molecule has 0 saturated carbocycles. The van der Waals surface area contributed by atoms with Crippen LogP contribution in [0.1, 0.15) is 49.9 Å². The zero-order chi connectivity index (χ0) is 29.5. The number of anilines is 2. The molecule has 42 heavy (non-hydrogen) atoms. The predicted octanol–water partition coefficient (Wildman–Crippen LogP) is 6.53. The molecule has 9 nitrogen and oxygen atoms in total. The Bertz CT molecular complexity index is 1480. The molecule has 1 saturated heterocycles. The monoisotopic (exact) mass is 586 g/mol. The van der Waals surface area contributed by atoms with E-state index < -0.39 is 12.0 Å². The van der Waals surface area contributed by atoms with Crippen LogP contribution in [0.2, 0.25) is 5.02 Å². The first kappa shape index (κ1) is 29.4. The molecule has 2 unspecified atom stereocenters. The maximum absolute atomic E-state index is 13.0. The van der Waals surface area contributed by atoms with Crippen LogP contribution < -0.4 is 20.1 Å². The van der Waals surface area contributed by atoms with E-state index in [1.54, 1.807) is 24.5 Å². The van der Waals surface area contributed by atoms with Crippen molar-refractivity contribution in [2.45, 2.75) is 51.3 Å². The highest BCUT2D eigenvalue weighted by molar-refractivity contribution is 6.32. The van der Waals surface area contributed by atoms with Crippen LogP contribution in [0.5, 0.6) is 11.5 Å². The summed E-state index contributed by atoms with van der Waals surface area (Å²) in [6, 6.07) is 17.1. The lowest BCUT2D eigenvalue weighted by molar-refractivity contribution is -0.116. The van der Waals surface area contributed by atoms with Crippen LogP contribution in [-0.4, -0.2) is 48.2 Å². The average molecular weight is 587 g/mol. The minimum absolute atomic E-state index is 0.0649. The number of carbonyl (C=O) groups is 1. The number of hydrogen-bond acceptors (Lipinski definition) is 8. The number of aromatic nitrogens is 1. The van der Waals surface area contributed by atoms with E-state index in [0.29, 0.717) is 53.6 Å². The van der Waals surface area contributed by atoms with Gasteiger partial charge in [0.25, 0.3) is 0 Å². The second-order valence-electron chi connectivity index (χ2n) is 10.5. The molecule has 2 aromatic carbocycles. The van der Waals surface area contributed by atoms with Gasteiger partial charge in [0.1, 0.15) is 24.0 Å². The van der Waals surface area contributed by atoms with Crippen LogP contribution in [0, 0.1) is 17.2 Å². The highest BCUT2D eigenvalue weighted by atomic mass is 35.5. The van der Waals surface area contributed by atoms with Crippen molar-refractivity contribution < 1.29 is 14.3 Å². The maximum Gasteiger partial charge on any atom is 0.224 e. The summed E-state index contributed by atoms with van der Waals surface area (Å²) in [6.45, 7) is 3.71. The van der Waals surface area contributed by atoms with Crippen molar-refractivity contribution in [1.29, 1.82) is 5.26 Å². The molecular formula is C32H35ClN6O3. The van der Waals surface area contributed by atoms with Crippen LogP contribution >= 0.6 is 11.6 Å². The summed E-state index contributed by atoms with van der Waals surface area (Å²) in [4.78, 5) is 24.1. The molecule has 1 fully saturated rings. The van der Waals surface area contributed by atoms with E-state index >= 15 is 0 Å². The van der Waals surface area contributed by atoms with E-state index in [1.165, 1.54) is 6.42 Å². The summed E-state index contributed by atoms with van der Waals surface area (Å²) in [6.07, 6.45) is 6.88. The second-order valence-corrected chi connectivity index (χ2v) is 10.9. The molecule has 0 aliphatic carbocycles. The molecule has 0 radical (unpaired) electrons. The first-order valence-electron chi connectivity index (χ1n) is 14.3. The molecule has 3 aromatic rings. The van der Waals surface area contributed by atoms with Gasteiger partial charge < -0.3 is 25.0 Å². The quantitative estimate of drug-likeness (QED) is 0.262. The Balaban J connectivity index is 1.34. The molecule has 1 aromatic heterocycles. The van der Waals surface area contributed by atoms with Crippen LogP contribution in [-0.2, 0) is 11.4 Å². The molecular weight excluding hydrogens is 552 g/mol. The number of fused-ring (bicyclic) bond motifs is 1. The number of benzene rings is 2. The van der Waals surface area contributed by atoms with Crippen molar-refractivity contribution in [3.8, 4) is 17.6 Å². The molecule has 5 rings (SSSR count). The van der Waals surface area contributed by atoms with Crippen LogP contribution in [0.4, 0.5) is 17.1 Å². The topological polar surface area (TPSA) is 112 Å². The highest BCUT2D eigenvalue weighted by Gasteiger charge is 2.30. The van der Waals surface area contributed by atoms with Gasteiger partial charge in [-0.25, -0.2) is 0 Å². The molecule has 3 atom stereocenters.